The van der Waals surface area contributed by atoms with Crippen molar-refractivity contribution in [1.29, 1.82) is 0 Å². The summed E-state index contributed by atoms with van der Waals surface area (Å²) in [6.07, 6.45) is 0. The SMILES string of the molecule is CCNC(C)c1ccccc1N(C)CCN(C)C. The lowest BCUT2D eigenvalue weighted by Gasteiger charge is -2.26. The van der Waals surface area contributed by atoms with Crippen LogP contribution in [-0.2, 0) is 0 Å². The summed E-state index contributed by atoms with van der Waals surface area (Å²) in [4.78, 5) is 4.55. The lowest BCUT2D eigenvalue weighted by molar-refractivity contribution is 0.416. The van der Waals surface area contributed by atoms with Crippen LogP contribution in [0.1, 0.15) is 25.5 Å². The van der Waals surface area contributed by atoms with Crippen molar-refractivity contribution < 1.29 is 0 Å². The molecule has 1 rings (SSSR count). The van der Waals surface area contributed by atoms with Crippen molar-refractivity contribution >= 4 is 5.69 Å². The second-order valence-corrected chi connectivity index (χ2v) is 5.06. The Bertz CT molecular complexity index is 349. The summed E-state index contributed by atoms with van der Waals surface area (Å²) in [5.41, 5.74) is 2.70. The molecule has 0 spiro atoms. The van der Waals surface area contributed by atoms with Crippen LogP contribution in [0.2, 0.25) is 0 Å². The quantitative estimate of drug-likeness (QED) is 0.800. The smallest absolute Gasteiger partial charge is 0.0412 e. The van der Waals surface area contributed by atoms with Crippen molar-refractivity contribution in [3.05, 3.63) is 29.8 Å². The van der Waals surface area contributed by atoms with E-state index in [-0.39, 0.29) is 0 Å². The number of hydrogen-bond acceptors (Lipinski definition) is 3. The minimum absolute atomic E-state index is 0.396. The van der Waals surface area contributed by atoms with Gasteiger partial charge in [0.15, 0.2) is 0 Å². The maximum absolute atomic E-state index is 3.48. The zero-order valence-electron chi connectivity index (χ0n) is 12.4. The van der Waals surface area contributed by atoms with Gasteiger partial charge in [0.25, 0.3) is 0 Å². The Labute approximate surface area is 112 Å². The first kappa shape index (κ1) is 15.0. The lowest BCUT2D eigenvalue weighted by atomic mass is 10.1. The van der Waals surface area contributed by atoms with E-state index in [2.05, 4.69) is 74.4 Å². The molecule has 3 heteroatoms. The van der Waals surface area contributed by atoms with Crippen LogP contribution in [0.3, 0.4) is 0 Å². The molecule has 0 aliphatic heterocycles. The zero-order chi connectivity index (χ0) is 13.5. The molecule has 0 bridgehead atoms. The fourth-order valence-corrected chi connectivity index (χ4v) is 2.09. The van der Waals surface area contributed by atoms with Crippen LogP contribution in [-0.4, -0.2) is 45.7 Å². The Kier molecular flexibility index (Phi) is 6.16. The van der Waals surface area contributed by atoms with Gasteiger partial charge in [-0.2, -0.15) is 0 Å². The Morgan fingerprint density at radius 1 is 1.11 bits per heavy atom. The third kappa shape index (κ3) is 4.31. The van der Waals surface area contributed by atoms with Gasteiger partial charge in [-0.3, -0.25) is 0 Å². The predicted molar refractivity (Wildman–Crippen MR) is 80.4 cm³/mol. The molecule has 1 aromatic rings. The van der Waals surface area contributed by atoms with Crippen molar-refractivity contribution in [2.75, 3.05) is 45.7 Å². The predicted octanol–water partition coefficient (Wildman–Crippen LogP) is 2.35. The fourth-order valence-electron chi connectivity index (χ4n) is 2.09. The normalized spacial score (nSPS) is 12.8. The maximum atomic E-state index is 3.48. The van der Waals surface area contributed by atoms with E-state index in [4.69, 9.17) is 0 Å². The number of benzene rings is 1. The van der Waals surface area contributed by atoms with Gasteiger partial charge >= 0.3 is 0 Å². The van der Waals surface area contributed by atoms with Crippen LogP contribution in [0.4, 0.5) is 5.69 Å². The van der Waals surface area contributed by atoms with E-state index in [0.29, 0.717) is 6.04 Å². The largest absolute Gasteiger partial charge is 0.373 e. The molecule has 0 radical (unpaired) electrons. The van der Waals surface area contributed by atoms with Gasteiger partial charge in [-0.05, 0) is 39.2 Å². The van der Waals surface area contributed by atoms with E-state index < -0.39 is 0 Å². The highest BCUT2D eigenvalue weighted by molar-refractivity contribution is 5.54. The lowest BCUT2D eigenvalue weighted by Crippen LogP contribution is -2.30. The van der Waals surface area contributed by atoms with Gasteiger partial charge in [0.2, 0.25) is 0 Å². The third-order valence-corrected chi connectivity index (χ3v) is 3.21. The molecule has 3 nitrogen and oxygen atoms in total. The monoisotopic (exact) mass is 249 g/mol. The van der Waals surface area contributed by atoms with Crippen LogP contribution < -0.4 is 10.2 Å². The number of hydrogen-bond donors (Lipinski definition) is 1. The molecule has 0 saturated carbocycles. The molecule has 1 aromatic carbocycles. The van der Waals surface area contributed by atoms with Gasteiger partial charge in [0.05, 0.1) is 0 Å². The number of para-hydroxylation sites is 1. The van der Waals surface area contributed by atoms with Crippen LogP contribution in [0, 0.1) is 0 Å². The van der Waals surface area contributed by atoms with Gasteiger partial charge in [-0.1, -0.05) is 25.1 Å². The summed E-state index contributed by atoms with van der Waals surface area (Å²) in [7, 11) is 6.39. The first-order valence-corrected chi connectivity index (χ1v) is 6.74. The highest BCUT2D eigenvalue weighted by Crippen LogP contribution is 2.25. The summed E-state index contributed by atoms with van der Waals surface area (Å²) in [5, 5.41) is 3.48. The Morgan fingerprint density at radius 3 is 2.39 bits per heavy atom. The molecule has 18 heavy (non-hydrogen) atoms. The zero-order valence-corrected chi connectivity index (χ0v) is 12.4. The van der Waals surface area contributed by atoms with Crippen molar-refractivity contribution in [3.63, 3.8) is 0 Å². The topological polar surface area (TPSA) is 18.5 Å². The minimum Gasteiger partial charge on any atom is -0.373 e. The maximum Gasteiger partial charge on any atom is 0.0412 e. The number of nitrogens with zero attached hydrogens (tertiary/aromatic N) is 2. The van der Waals surface area contributed by atoms with Gasteiger partial charge in [0.1, 0.15) is 0 Å². The van der Waals surface area contributed by atoms with Gasteiger partial charge in [-0.15, -0.1) is 0 Å². The Morgan fingerprint density at radius 2 is 1.78 bits per heavy atom. The van der Waals surface area contributed by atoms with E-state index in [0.717, 1.165) is 19.6 Å². The van der Waals surface area contributed by atoms with E-state index in [1.807, 2.05) is 0 Å². The molecule has 0 saturated heterocycles. The molecular weight excluding hydrogens is 222 g/mol. The first-order valence-electron chi connectivity index (χ1n) is 6.74. The van der Waals surface area contributed by atoms with Crippen LogP contribution in [0.5, 0.6) is 0 Å². The van der Waals surface area contributed by atoms with Crippen molar-refractivity contribution in [3.8, 4) is 0 Å². The molecular formula is C15H27N3. The van der Waals surface area contributed by atoms with Crippen molar-refractivity contribution in [2.45, 2.75) is 19.9 Å². The van der Waals surface area contributed by atoms with Crippen LogP contribution in [0.15, 0.2) is 24.3 Å². The molecule has 0 fully saturated rings. The van der Waals surface area contributed by atoms with Gasteiger partial charge in [0, 0.05) is 31.9 Å². The average Bonchev–Trinajstić information content (AvgIpc) is 2.36. The molecule has 102 valence electrons. The summed E-state index contributed by atoms with van der Waals surface area (Å²) in [6.45, 7) is 7.48. The second-order valence-electron chi connectivity index (χ2n) is 5.06. The average molecular weight is 249 g/mol. The molecule has 0 amide bonds. The highest BCUT2D eigenvalue weighted by Gasteiger charge is 2.12. The minimum atomic E-state index is 0.396. The number of rotatable bonds is 7. The van der Waals surface area contributed by atoms with E-state index >= 15 is 0 Å². The summed E-state index contributed by atoms with van der Waals surface area (Å²) < 4.78 is 0. The summed E-state index contributed by atoms with van der Waals surface area (Å²) in [5.74, 6) is 0. The summed E-state index contributed by atoms with van der Waals surface area (Å²) in [6, 6.07) is 9.05. The van der Waals surface area contributed by atoms with E-state index in [1.54, 1.807) is 0 Å². The van der Waals surface area contributed by atoms with E-state index in [9.17, 15) is 0 Å². The van der Waals surface area contributed by atoms with Crippen molar-refractivity contribution in [2.24, 2.45) is 0 Å². The van der Waals surface area contributed by atoms with Crippen LogP contribution in [0.25, 0.3) is 0 Å². The third-order valence-electron chi connectivity index (χ3n) is 3.21. The molecule has 0 aliphatic carbocycles. The molecule has 1 unspecified atom stereocenters. The van der Waals surface area contributed by atoms with E-state index in [1.165, 1.54) is 11.3 Å². The molecule has 0 aromatic heterocycles. The van der Waals surface area contributed by atoms with Crippen molar-refractivity contribution in [1.82, 2.24) is 10.2 Å². The van der Waals surface area contributed by atoms with Gasteiger partial charge in [-0.25, -0.2) is 0 Å². The molecule has 1 atom stereocenters. The number of nitrogens with one attached hydrogen (secondary N) is 1. The first-order chi connectivity index (χ1) is 8.56. The highest BCUT2D eigenvalue weighted by atomic mass is 15.2. The number of anilines is 1. The van der Waals surface area contributed by atoms with Crippen LogP contribution >= 0.6 is 0 Å². The fraction of sp³-hybridized carbons (Fsp3) is 0.600. The number of likely N-dealkylation sites (N-methyl/N-ethyl adjacent to an activating group) is 2. The standard InChI is InChI=1S/C15H27N3/c1-6-16-13(2)14-9-7-8-10-15(14)18(5)12-11-17(3)4/h7-10,13,16H,6,11-12H2,1-5H3. The Hall–Kier alpha value is -1.06. The second kappa shape index (κ2) is 7.39. The molecule has 1 N–H and O–H groups in total. The molecule has 0 aliphatic rings. The summed E-state index contributed by atoms with van der Waals surface area (Å²) >= 11 is 0. The Balaban J connectivity index is 2.80. The molecule has 0 heterocycles. The van der Waals surface area contributed by atoms with Gasteiger partial charge < -0.3 is 15.1 Å².